The quantitative estimate of drug-likeness (QED) is 0.496. The third-order valence-electron chi connectivity index (χ3n) is 4.62. The molecule has 0 fully saturated rings. The van der Waals surface area contributed by atoms with Crippen molar-refractivity contribution < 1.29 is 9.90 Å². The summed E-state index contributed by atoms with van der Waals surface area (Å²) in [5.74, 6) is 2.10. The van der Waals surface area contributed by atoms with E-state index >= 15 is 0 Å². The van der Waals surface area contributed by atoms with Crippen molar-refractivity contribution in [2.75, 3.05) is 0 Å². The molecule has 0 radical (unpaired) electrons. The van der Waals surface area contributed by atoms with Crippen LogP contribution in [0.2, 0.25) is 0 Å². The summed E-state index contributed by atoms with van der Waals surface area (Å²) in [6, 6.07) is 0. The van der Waals surface area contributed by atoms with Crippen LogP contribution in [0.4, 0.5) is 0 Å². The van der Waals surface area contributed by atoms with Crippen LogP contribution in [0, 0.1) is 11.3 Å². The molecule has 0 bridgehead atoms. The molecule has 0 saturated carbocycles. The van der Waals surface area contributed by atoms with E-state index in [1.807, 2.05) is 13.8 Å². The highest BCUT2D eigenvalue weighted by Gasteiger charge is 2.41. The van der Waals surface area contributed by atoms with Crippen molar-refractivity contribution in [3.8, 4) is 0 Å². The van der Waals surface area contributed by atoms with E-state index in [1.54, 1.807) is 12.9 Å². The molecule has 2 nitrogen and oxygen atoms in total. The van der Waals surface area contributed by atoms with Crippen molar-refractivity contribution in [2.24, 2.45) is 11.3 Å². The van der Waals surface area contributed by atoms with Gasteiger partial charge in [-0.1, -0.05) is 66.2 Å². The second-order valence-corrected chi connectivity index (χ2v) is 6.24. The van der Waals surface area contributed by atoms with Crippen molar-refractivity contribution in [1.82, 2.24) is 0 Å². The van der Waals surface area contributed by atoms with Gasteiger partial charge in [0.1, 0.15) is 5.94 Å². The lowest BCUT2D eigenvalue weighted by molar-refractivity contribution is -0.0423. The third kappa shape index (κ3) is 4.96. The zero-order valence-corrected chi connectivity index (χ0v) is 12.8. The molecule has 2 atom stereocenters. The summed E-state index contributed by atoms with van der Waals surface area (Å²) in [6.45, 7) is 10.1. The van der Waals surface area contributed by atoms with E-state index in [1.165, 1.54) is 38.2 Å². The van der Waals surface area contributed by atoms with Gasteiger partial charge in [0, 0.05) is 11.5 Å². The Morgan fingerprint density at radius 2 is 1.72 bits per heavy atom. The summed E-state index contributed by atoms with van der Waals surface area (Å²) in [6.07, 6.45) is 8.68. The van der Waals surface area contributed by atoms with Crippen molar-refractivity contribution in [2.45, 2.75) is 78.7 Å². The van der Waals surface area contributed by atoms with Crippen LogP contribution in [-0.4, -0.2) is 16.6 Å². The Morgan fingerprint density at radius 3 is 2.22 bits per heavy atom. The molecular weight excluding hydrogens is 224 g/mol. The fourth-order valence-electron chi connectivity index (χ4n) is 2.21. The predicted molar refractivity (Wildman–Crippen MR) is 77.2 cm³/mol. The lowest BCUT2D eigenvalue weighted by atomic mass is 9.66. The minimum absolute atomic E-state index is 0.310. The van der Waals surface area contributed by atoms with E-state index in [2.05, 4.69) is 13.8 Å². The average Bonchev–Trinajstić information content (AvgIpc) is 2.28. The summed E-state index contributed by atoms with van der Waals surface area (Å²) >= 11 is 0. The molecule has 0 aromatic rings. The van der Waals surface area contributed by atoms with E-state index in [-0.39, 0.29) is 5.41 Å². The average molecular weight is 254 g/mol. The maximum absolute atomic E-state index is 10.5. The largest absolute Gasteiger partial charge is 0.385 e. The minimum atomic E-state index is -1.09. The molecule has 2 unspecified atom stereocenters. The Morgan fingerprint density at radius 1 is 1.17 bits per heavy atom. The van der Waals surface area contributed by atoms with Crippen LogP contribution in [-0.2, 0) is 4.79 Å². The van der Waals surface area contributed by atoms with Gasteiger partial charge in [0.05, 0.1) is 5.60 Å². The van der Waals surface area contributed by atoms with Crippen LogP contribution in [0.5, 0.6) is 0 Å². The number of aliphatic hydroxyl groups is 1. The summed E-state index contributed by atoms with van der Waals surface area (Å²) in [7, 11) is 0. The predicted octanol–water partition coefficient (Wildman–Crippen LogP) is 4.15. The second kappa shape index (κ2) is 7.76. The van der Waals surface area contributed by atoms with E-state index in [9.17, 15) is 9.90 Å². The van der Waals surface area contributed by atoms with Crippen LogP contribution in [0.1, 0.15) is 73.1 Å². The molecule has 0 aliphatic rings. The minimum Gasteiger partial charge on any atom is -0.385 e. The molecular formula is C16H30O2. The van der Waals surface area contributed by atoms with Gasteiger partial charge in [0.2, 0.25) is 0 Å². The molecule has 0 aromatic heterocycles. The van der Waals surface area contributed by atoms with Gasteiger partial charge >= 0.3 is 0 Å². The number of hydrogen-bond acceptors (Lipinski definition) is 2. The van der Waals surface area contributed by atoms with Crippen molar-refractivity contribution >= 4 is 5.94 Å². The van der Waals surface area contributed by atoms with Gasteiger partial charge in [-0.2, -0.15) is 0 Å². The third-order valence-corrected chi connectivity index (χ3v) is 4.62. The molecule has 0 rings (SSSR count). The lowest BCUT2D eigenvalue weighted by Crippen LogP contribution is -2.44. The summed E-state index contributed by atoms with van der Waals surface area (Å²) < 4.78 is 0. The van der Waals surface area contributed by atoms with Gasteiger partial charge < -0.3 is 5.11 Å². The Labute approximate surface area is 112 Å². The zero-order valence-electron chi connectivity index (χ0n) is 12.8. The van der Waals surface area contributed by atoms with Gasteiger partial charge in [0.15, 0.2) is 0 Å². The molecule has 106 valence electrons. The fourth-order valence-corrected chi connectivity index (χ4v) is 2.21. The van der Waals surface area contributed by atoms with Gasteiger partial charge in [0.25, 0.3) is 0 Å². The van der Waals surface area contributed by atoms with Crippen LogP contribution in [0.25, 0.3) is 0 Å². The Bertz CT molecular complexity index is 273. The Balaban J connectivity index is 4.30. The first-order valence-corrected chi connectivity index (χ1v) is 7.24. The topological polar surface area (TPSA) is 37.3 Å². The van der Waals surface area contributed by atoms with Gasteiger partial charge in [-0.3, -0.25) is 0 Å². The molecule has 0 amide bonds. The molecule has 0 aliphatic heterocycles. The first-order valence-electron chi connectivity index (χ1n) is 7.24. The molecule has 2 heteroatoms. The van der Waals surface area contributed by atoms with E-state index in [4.69, 9.17) is 0 Å². The highest BCUT2D eigenvalue weighted by molar-refractivity contribution is 5.48. The van der Waals surface area contributed by atoms with Crippen molar-refractivity contribution in [3.05, 3.63) is 6.08 Å². The number of hydrogen-bond donors (Lipinski definition) is 1. The monoisotopic (exact) mass is 254 g/mol. The molecule has 0 aromatic carbocycles. The van der Waals surface area contributed by atoms with E-state index < -0.39 is 5.60 Å². The van der Waals surface area contributed by atoms with E-state index in [0.29, 0.717) is 5.92 Å². The fraction of sp³-hybridized carbons (Fsp3) is 0.875. The first-order chi connectivity index (χ1) is 8.29. The van der Waals surface area contributed by atoms with Crippen molar-refractivity contribution in [1.29, 1.82) is 0 Å². The normalized spacial score (nSPS) is 16.8. The lowest BCUT2D eigenvalue weighted by Gasteiger charge is -2.42. The SMILES string of the molecule is CCCCCCCC(C)C(C)(C)C(C)(O)C=C=O. The summed E-state index contributed by atoms with van der Waals surface area (Å²) in [5.41, 5.74) is -1.40. The summed E-state index contributed by atoms with van der Waals surface area (Å²) in [4.78, 5) is 10.5. The highest BCUT2D eigenvalue weighted by atomic mass is 16.3. The molecule has 0 heterocycles. The Hall–Kier alpha value is -0.590. The van der Waals surface area contributed by atoms with Gasteiger partial charge in [-0.05, 0) is 12.8 Å². The second-order valence-electron chi connectivity index (χ2n) is 6.24. The standard InChI is InChI=1S/C16H30O2/c1-6-7-8-9-10-11-14(2)15(3,4)16(5,18)12-13-17/h12,14,18H,6-11H2,1-5H3. The molecule has 18 heavy (non-hydrogen) atoms. The number of carbonyl (C=O) groups excluding carboxylic acids is 1. The number of unbranched alkanes of at least 4 members (excludes halogenated alkanes) is 4. The van der Waals surface area contributed by atoms with Crippen LogP contribution in [0.15, 0.2) is 6.08 Å². The van der Waals surface area contributed by atoms with Crippen LogP contribution < -0.4 is 0 Å². The molecule has 0 aliphatic carbocycles. The van der Waals surface area contributed by atoms with Crippen molar-refractivity contribution in [3.63, 3.8) is 0 Å². The Kier molecular flexibility index (Phi) is 7.51. The molecule has 0 spiro atoms. The summed E-state index contributed by atoms with van der Waals surface area (Å²) in [5, 5.41) is 10.3. The van der Waals surface area contributed by atoms with Gasteiger partial charge in [-0.25, -0.2) is 4.79 Å². The molecule has 0 saturated heterocycles. The maximum atomic E-state index is 10.5. The van der Waals surface area contributed by atoms with Crippen LogP contribution >= 0.6 is 0 Å². The molecule has 1 N–H and O–H groups in total. The van der Waals surface area contributed by atoms with E-state index in [0.717, 1.165) is 6.42 Å². The highest BCUT2D eigenvalue weighted by Crippen LogP contribution is 2.41. The van der Waals surface area contributed by atoms with Gasteiger partial charge in [-0.15, -0.1) is 0 Å². The van der Waals surface area contributed by atoms with Crippen LogP contribution in [0.3, 0.4) is 0 Å². The smallest absolute Gasteiger partial charge is 0.123 e. The zero-order chi connectivity index (χ0) is 14.2. The number of rotatable bonds is 9. The maximum Gasteiger partial charge on any atom is 0.123 e. The first kappa shape index (κ1) is 17.4.